The van der Waals surface area contributed by atoms with E-state index in [4.69, 9.17) is 9.47 Å². The Balaban J connectivity index is 2.57. The molecule has 1 N–H and O–H groups in total. The summed E-state index contributed by atoms with van der Waals surface area (Å²) in [6, 6.07) is -0.448. The maximum Gasteiger partial charge on any atom is 0.371 e. The first-order valence-corrected chi connectivity index (χ1v) is 6.21. The Morgan fingerprint density at radius 1 is 1.24 bits per heavy atom. The Hall–Kier alpha value is -1.10. The number of hydrogen-bond acceptors (Lipinski definition) is 4. The first-order valence-electron chi connectivity index (χ1n) is 6.21. The fourth-order valence-corrected chi connectivity index (χ4v) is 2.08. The summed E-state index contributed by atoms with van der Waals surface area (Å²) in [7, 11) is 0. The van der Waals surface area contributed by atoms with Crippen LogP contribution in [0.3, 0.4) is 0 Å². The second kappa shape index (κ2) is 6.00. The molecule has 1 aliphatic heterocycles. The van der Waals surface area contributed by atoms with Crippen LogP contribution in [0.5, 0.6) is 0 Å². The van der Waals surface area contributed by atoms with E-state index in [9.17, 15) is 9.59 Å². The highest BCUT2D eigenvalue weighted by Gasteiger charge is 2.55. The number of esters is 2. The van der Waals surface area contributed by atoms with Gasteiger partial charge in [-0.05, 0) is 13.8 Å². The molecule has 0 aromatic carbocycles. The van der Waals surface area contributed by atoms with E-state index in [1.54, 1.807) is 13.8 Å². The third-order valence-corrected chi connectivity index (χ3v) is 2.91. The van der Waals surface area contributed by atoms with Gasteiger partial charge in [0.15, 0.2) is 6.04 Å². The molecule has 17 heavy (non-hydrogen) atoms. The molecule has 0 radical (unpaired) electrons. The highest BCUT2D eigenvalue weighted by Crippen LogP contribution is 2.06. The van der Waals surface area contributed by atoms with E-state index in [1.807, 2.05) is 13.8 Å². The first kappa shape index (κ1) is 14.0. The van der Waals surface area contributed by atoms with E-state index < -0.39 is 0 Å². The summed E-state index contributed by atoms with van der Waals surface area (Å²) in [4.78, 5) is 24.3. The minimum absolute atomic E-state index is 0.156. The molecular formula is C12H22NO4+. The van der Waals surface area contributed by atoms with Gasteiger partial charge in [-0.2, -0.15) is 0 Å². The van der Waals surface area contributed by atoms with Crippen LogP contribution in [0.2, 0.25) is 0 Å². The topological polar surface area (TPSA) is 57.0 Å². The van der Waals surface area contributed by atoms with Gasteiger partial charge in [0.25, 0.3) is 0 Å². The lowest BCUT2D eigenvalue weighted by molar-refractivity contribution is -0.794. The zero-order valence-corrected chi connectivity index (χ0v) is 11.0. The molecule has 0 spiro atoms. The van der Waals surface area contributed by atoms with Crippen molar-refractivity contribution in [1.29, 1.82) is 0 Å². The van der Waals surface area contributed by atoms with Crippen molar-refractivity contribution >= 4 is 11.9 Å². The second-order valence-electron chi connectivity index (χ2n) is 4.56. The number of carbonyl (C=O) groups is 2. The zero-order chi connectivity index (χ0) is 13.0. The van der Waals surface area contributed by atoms with Gasteiger partial charge in [-0.25, -0.2) is 9.59 Å². The fraction of sp³-hybridized carbons (Fsp3) is 0.833. The lowest BCUT2D eigenvalue weighted by Gasteiger charge is -2.17. The predicted molar refractivity (Wildman–Crippen MR) is 61.5 cm³/mol. The van der Waals surface area contributed by atoms with Crippen LogP contribution in [-0.2, 0) is 19.1 Å². The highest BCUT2D eigenvalue weighted by atomic mass is 16.5. The standard InChI is InChI=1S/C12H21NO4/c1-5-16-11(14)9-7-13(9)10(8(3)4)12(15)17-6-2/h8-10H,5-7H2,1-4H3/p+1/t9-,10+,13?/m1/s1. The molecular weight excluding hydrogens is 222 g/mol. The third-order valence-electron chi connectivity index (χ3n) is 2.91. The normalized spacial score (nSPS) is 24.3. The number of hydrogen-bond donors (Lipinski definition) is 1. The number of ether oxygens (including phenoxy) is 2. The summed E-state index contributed by atoms with van der Waals surface area (Å²) in [6.45, 7) is 8.93. The van der Waals surface area contributed by atoms with Crippen molar-refractivity contribution in [3.63, 3.8) is 0 Å². The van der Waals surface area contributed by atoms with Crippen molar-refractivity contribution < 1.29 is 24.0 Å². The van der Waals surface area contributed by atoms with Crippen LogP contribution in [0.25, 0.3) is 0 Å². The summed E-state index contributed by atoms with van der Waals surface area (Å²) in [5, 5.41) is 0. The largest absolute Gasteiger partial charge is 0.462 e. The molecule has 0 bridgehead atoms. The van der Waals surface area contributed by atoms with Crippen molar-refractivity contribution in [2.45, 2.75) is 39.8 Å². The maximum atomic E-state index is 11.8. The number of quaternary nitrogens is 1. The summed E-state index contributed by atoms with van der Waals surface area (Å²) in [5.41, 5.74) is 0. The molecule has 98 valence electrons. The summed E-state index contributed by atoms with van der Waals surface area (Å²) < 4.78 is 10.00. The maximum absolute atomic E-state index is 11.8. The van der Waals surface area contributed by atoms with Crippen LogP contribution >= 0.6 is 0 Å². The Morgan fingerprint density at radius 2 is 1.82 bits per heavy atom. The smallest absolute Gasteiger partial charge is 0.371 e. The monoisotopic (exact) mass is 244 g/mol. The summed E-state index contributed by atoms with van der Waals surface area (Å²) >= 11 is 0. The molecule has 1 unspecified atom stereocenters. The third kappa shape index (κ3) is 3.43. The lowest BCUT2D eigenvalue weighted by atomic mass is 10.0. The van der Waals surface area contributed by atoms with Gasteiger partial charge in [0, 0.05) is 5.92 Å². The number of nitrogens with one attached hydrogen (secondary N) is 1. The average molecular weight is 244 g/mol. The van der Waals surface area contributed by atoms with Crippen LogP contribution in [0, 0.1) is 5.92 Å². The highest BCUT2D eigenvalue weighted by molar-refractivity contribution is 5.78. The SMILES string of the molecule is CCOC(=O)[C@H]1C[NH+]1[C@H](C(=O)OCC)C(C)C. The molecule has 5 nitrogen and oxygen atoms in total. The Morgan fingerprint density at radius 3 is 2.29 bits per heavy atom. The van der Waals surface area contributed by atoms with Crippen LogP contribution in [0.1, 0.15) is 27.7 Å². The minimum Gasteiger partial charge on any atom is -0.462 e. The summed E-state index contributed by atoms with van der Waals surface area (Å²) in [6.07, 6.45) is 0. The lowest BCUT2D eigenvalue weighted by Crippen LogP contribution is -3.03. The number of carbonyl (C=O) groups excluding carboxylic acids is 2. The van der Waals surface area contributed by atoms with Crippen molar-refractivity contribution in [1.82, 2.24) is 0 Å². The van der Waals surface area contributed by atoms with E-state index in [-0.39, 0.29) is 29.9 Å². The molecule has 1 rings (SSSR count). The van der Waals surface area contributed by atoms with E-state index >= 15 is 0 Å². The van der Waals surface area contributed by atoms with Crippen molar-refractivity contribution in [2.75, 3.05) is 19.8 Å². The zero-order valence-electron chi connectivity index (χ0n) is 11.0. The van der Waals surface area contributed by atoms with Gasteiger partial charge in [0.05, 0.1) is 13.2 Å². The predicted octanol–water partition coefficient (Wildman–Crippen LogP) is -0.596. The quantitative estimate of drug-likeness (QED) is 0.501. The average Bonchev–Trinajstić information content (AvgIpc) is 2.98. The molecule has 1 aliphatic rings. The van der Waals surface area contributed by atoms with Gasteiger partial charge in [0.2, 0.25) is 6.04 Å². The van der Waals surface area contributed by atoms with E-state index in [0.717, 1.165) is 4.90 Å². The second-order valence-corrected chi connectivity index (χ2v) is 4.56. The van der Waals surface area contributed by atoms with Crippen LogP contribution in [0.4, 0.5) is 0 Å². The Labute approximate surface area is 102 Å². The van der Waals surface area contributed by atoms with Crippen molar-refractivity contribution in [2.24, 2.45) is 5.92 Å². The van der Waals surface area contributed by atoms with Crippen LogP contribution in [0.15, 0.2) is 0 Å². The minimum atomic E-state index is -0.260. The van der Waals surface area contributed by atoms with Gasteiger partial charge < -0.3 is 14.4 Å². The van der Waals surface area contributed by atoms with Gasteiger partial charge in [-0.15, -0.1) is 0 Å². The molecule has 1 heterocycles. The van der Waals surface area contributed by atoms with E-state index in [0.29, 0.717) is 19.8 Å². The van der Waals surface area contributed by atoms with Crippen LogP contribution < -0.4 is 4.90 Å². The molecule has 3 atom stereocenters. The molecule has 0 amide bonds. The van der Waals surface area contributed by atoms with Gasteiger partial charge in [-0.3, -0.25) is 0 Å². The fourth-order valence-electron chi connectivity index (χ4n) is 2.08. The molecule has 0 aromatic heterocycles. The number of rotatable bonds is 6. The molecule has 0 aromatic rings. The first-order chi connectivity index (χ1) is 8.02. The van der Waals surface area contributed by atoms with Crippen LogP contribution in [-0.4, -0.2) is 43.8 Å². The molecule has 0 aliphatic carbocycles. The van der Waals surface area contributed by atoms with E-state index in [2.05, 4.69) is 0 Å². The summed E-state index contributed by atoms with van der Waals surface area (Å²) in [5.74, 6) is -0.273. The van der Waals surface area contributed by atoms with Gasteiger partial charge >= 0.3 is 11.9 Å². The van der Waals surface area contributed by atoms with Crippen molar-refractivity contribution in [3.05, 3.63) is 0 Å². The van der Waals surface area contributed by atoms with E-state index in [1.165, 1.54) is 0 Å². The Bertz CT molecular complexity index is 290. The molecule has 5 heteroatoms. The molecule has 1 fully saturated rings. The van der Waals surface area contributed by atoms with Gasteiger partial charge in [0.1, 0.15) is 6.54 Å². The van der Waals surface area contributed by atoms with Crippen molar-refractivity contribution in [3.8, 4) is 0 Å². The van der Waals surface area contributed by atoms with Gasteiger partial charge in [-0.1, -0.05) is 13.8 Å². The Kier molecular flexibility index (Phi) is 4.93. The molecule has 0 saturated carbocycles. The molecule has 1 saturated heterocycles.